The number of halogens is 1. The van der Waals surface area contributed by atoms with Crippen LogP contribution in [0, 0.1) is 0 Å². The molecular weight excluding hydrogens is 430 g/mol. The molecular formula is C23H20ClN5O3. The predicted molar refractivity (Wildman–Crippen MR) is 124 cm³/mol. The summed E-state index contributed by atoms with van der Waals surface area (Å²) in [6.45, 7) is 0.964. The van der Waals surface area contributed by atoms with Crippen molar-refractivity contribution >= 4 is 56.7 Å². The highest BCUT2D eigenvalue weighted by Crippen LogP contribution is 2.45. The molecule has 0 fully saturated rings. The van der Waals surface area contributed by atoms with Crippen LogP contribution in [-0.4, -0.2) is 46.0 Å². The van der Waals surface area contributed by atoms with Crippen molar-refractivity contribution in [1.82, 2.24) is 9.97 Å². The van der Waals surface area contributed by atoms with E-state index >= 15 is 0 Å². The van der Waals surface area contributed by atoms with Crippen molar-refractivity contribution in [3.8, 4) is 5.75 Å². The highest BCUT2D eigenvalue weighted by Gasteiger charge is 2.36. The molecule has 3 amide bonds. The maximum absolute atomic E-state index is 13.6. The fourth-order valence-electron chi connectivity index (χ4n) is 5.21. The number of carbonyl (C=O) groups is 2. The van der Waals surface area contributed by atoms with Gasteiger partial charge in [0.1, 0.15) is 11.4 Å². The molecule has 4 heterocycles. The summed E-state index contributed by atoms with van der Waals surface area (Å²) in [5.74, 6) is 0.234. The fourth-order valence-corrected chi connectivity index (χ4v) is 5.46. The Morgan fingerprint density at radius 1 is 1.16 bits per heavy atom. The quantitative estimate of drug-likeness (QED) is 0.349. The number of carbonyl (C=O) groups excluding carboxylic acids is 2. The molecule has 162 valence electrons. The average molecular weight is 450 g/mol. The molecule has 9 heteroatoms. The number of aromatic nitrogens is 2. The van der Waals surface area contributed by atoms with E-state index in [0.29, 0.717) is 42.3 Å². The van der Waals surface area contributed by atoms with Gasteiger partial charge in [-0.05, 0) is 41.8 Å². The summed E-state index contributed by atoms with van der Waals surface area (Å²) in [4.78, 5) is 34.8. The van der Waals surface area contributed by atoms with Crippen LogP contribution in [0.15, 0.2) is 36.5 Å². The number of alkyl halides is 1. The lowest BCUT2D eigenvalue weighted by molar-refractivity contribution is 0.0984. The first kappa shape index (κ1) is 19.1. The van der Waals surface area contributed by atoms with Crippen LogP contribution < -0.4 is 15.5 Å². The zero-order chi connectivity index (χ0) is 22.1. The molecule has 1 atom stereocenters. The molecule has 5 N–H and O–H groups in total. The number of rotatable bonds is 2. The number of hydrogen-bond donors (Lipinski definition) is 4. The summed E-state index contributed by atoms with van der Waals surface area (Å²) >= 11 is 6.27. The molecule has 2 aliphatic heterocycles. The van der Waals surface area contributed by atoms with Gasteiger partial charge in [0, 0.05) is 59.1 Å². The monoisotopic (exact) mass is 449 g/mol. The second kappa shape index (κ2) is 6.67. The van der Waals surface area contributed by atoms with Gasteiger partial charge in [-0.2, -0.15) is 0 Å². The van der Waals surface area contributed by atoms with Crippen LogP contribution in [-0.2, 0) is 6.42 Å². The lowest BCUT2D eigenvalue weighted by Crippen LogP contribution is -2.33. The Hall–Kier alpha value is -3.65. The number of phenolic OH excluding ortho intramolecular Hbond substituents is 1. The highest BCUT2D eigenvalue weighted by molar-refractivity contribution is 6.19. The van der Waals surface area contributed by atoms with Gasteiger partial charge in [-0.3, -0.25) is 9.69 Å². The molecule has 32 heavy (non-hydrogen) atoms. The number of aromatic hydroxyl groups is 1. The van der Waals surface area contributed by atoms with Crippen LogP contribution >= 0.6 is 11.6 Å². The average Bonchev–Trinajstić information content (AvgIpc) is 3.55. The van der Waals surface area contributed by atoms with Crippen LogP contribution in [0.2, 0.25) is 0 Å². The second-order valence-corrected chi connectivity index (χ2v) is 8.62. The maximum atomic E-state index is 13.6. The zero-order valence-corrected chi connectivity index (χ0v) is 17.7. The van der Waals surface area contributed by atoms with Crippen molar-refractivity contribution in [3.05, 3.63) is 53.3 Å². The van der Waals surface area contributed by atoms with Crippen molar-refractivity contribution in [1.29, 1.82) is 0 Å². The Kier molecular flexibility index (Phi) is 3.98. The standard InChI is InChI=1S/C23H20ClN5O3/c24-9-11-10-29(18-8-19(30)21-13(20(11)18)3-5-26-21)22(31)16-7-14-12-4-6-28(23(25)32)17(12)2-1-15(14)27-16/h1-3,5,7-8,11,26-27,30H,4,6,9-10H2,(H2,25,32)/t11-/m1/s1. The van der Waals surface area contributed by atoms with Gasteiger partial charge in [0.25, 0.3) is 5.91 Å². The Balaban J connectivity index is 1.44. The Labute approximate surface area is 187 Å². The Morgan fingerprint density at radius 2 is 2.00 bits per heavy atom. The fraction of sp³-hybridized carbons (Fsp3) is 0.217. The second-order valence-electron chi connectivity index (χ2n) is 8.31. The van der Waals surface area contributed by atoms with Gasteiger partial charge in [-0.25, -0.2) is 4.79 Å². The van der Waals surface area contributed by atoms with E-state index in [1.165, 1.54) is 0 Å². The van der Waals surface area contributed by atoms with Crippen LogP contribution in [0.3, 0.4) is 0 Å². The minimum atomic E-state index is -0.480. The lowest BCUT2D eigenvalue weighted by atomic mass is 9.99. The minimum absolute atomic E-state index is 0.0349. The molecule has 2 aromatic carbocycles. The summed E-state index contributed by atoms with van der Waals surface area (Å²) < 4.78 is 0. The number of primary amides is 1. The number of fused-ring (bicyclic) bond motifs is 6. The third kappa shape index (κ3) is 2.50. The first-order chi connectivity index (χ1) is 15.5. The Bertz CT molecular complexity index is 1440. The number of nitrogens with two attached hydrogens (primary N) is 1. The summed E-state index contributed by atoms with van der Waals surface area (Å²) in [7, 11) is 0. The van der Waals surface area contributed by atoms with E-state index in [2.05, 4.69) is 9.97 Å². The number of anilines is 2. The molecule has 6 rings (SSSR count). The molecule has 0 spiro atoms. The van der Waals surface area contributed by atoms with Gasteiger partial charge >= 0.3 is 6.03 Å². The van der Waals surface area contributed by atoms with E-state index in [1.807, 2.05) is 24.3 Å². The Morgan fingerprint density at radius 3 is 2.78 bits per heavy atom. The topological polar surface area (TPSA) is 118 Å². The van der Waals surface area contributed by atoms with Crippen molar-refractivity contribution < 1.29 is 14.7 Å². The normalized spacial score (nSPS) is 17.3. The maximum Gasteiger partial charge on any atom is 0.319 e. The molecule has 0 aliphatic carbocycles. The van der Waals surface area contributed by atoms with Crippen molar-refractivity contribution in [2.45, 2.75) is 12.3 Å². The van der Waals surface area contributed by atoms with Crippen LogP contribution in [0.1, 0.15) is 27.5 Å². The number of phenols is 1. The number of urea groups is 1. The molecule has 2 aromatic heterocycles. The molecule has 2 aliphatic rings. The summed E-state index contributed by atoms with van der Waals surface area (Å²) in [5, 5.41) is 12.3. The van der Waals surface area contributed by atoms with Gasteiger partial charge < -0.3 is 25.7 Å². The molecule has 0 saturated carbocycles. The summed E-state index contributed by atoms with van der Waals surface area (Å²) in [6, 6.07) is 8.60. The van der Waals surface area contributed by atoms with Gasteiger partial charge in [0.05, 0.1) is 11.2 Å². The van der Waals surface area contributed by atoms with Crippen LogP contribution in [0.5, 0.6) is 5.75 Å². The molecule has 0 saturated heterocycles. The molecule has 0 radical (unpaired) electrons. The van der Waals surface area contributed by atoms with Crippen LogP contribution in [0.25, 0.3) is 21.8 Å². The lowest BCUT2D eigenvalue weighted by Gasteiger charge is -2.17. The number of aromatic amines is 2. The van der Waals surface area contributed by atoms with E-state index in [0.717, 1.165) is 33.1 Å². The predicted octanol–water partition coefficient (Wildman–Crippen LogP) is 3.78. The molecule has 0 bridgehead atoms. The van der Waals surface area contributed by atoms with Gasteiger partial charge in [0.15, 0.2) is 0 Å². The van der Waals surface area contributed by atoms with Gasteiger partial charge in [0.2, 0.25) is 0 Å². The van der Waals surface area contributed by atoms with E-state index in [4.69, 9.17) is 17.3 Å². The number of hydrogen-bond acceptors (Lipinski definition) is 3. The number of H-pyrrole nitrogens is 2. The van der Waals surface area contributed by atoms with E-state index in [1.54, 1.807) is 22.1 Å². The van der Waals surface area contributed by atoms with Crippen molar-refractivity contribution in [2.24, 2.45) is 5.73 Å². The number of amides is 3. The summed E-state index contributed by atoms with van der Waals surface area (Å²) in [6.07, 6.45) is 2.45. The van der Waals surface area contributed by atoms with Crippen molar-refractivity contribution in [2.75, 3.05) is 28.8 Å². The molecule has 0 unspecified atom stereocenters. The zero-order valence-electron chi connectivity index (χ0n) is 17.0. The minimum Gasteiger partial charge on any atom is -0.506 e. The highest BCUT2D eigenvalue weighted by atomic mass is 35.5. The number of nitrogens with one attached hydrogen (secondary N) is 2. The summed E-state index contributed by atoms with van der Waals surface area (Å²) in [5.41, 5.74) is 10.8. The largest absolute Gasteiger partial charge is 0.506 e. The van der Waals surface area contributed by atoms with Gasteiger partial charge in [-0.1, -0.05) is 0 Å². The van der Waals surface area contributed by atoms with E-state index < -0.39 is 6.03 Å². The smallest absolute Gasteiger partial charge is 0.319 e. The number of nitrogens with zero attached hydrogens (tertiary/aromatic N) is 2. The third-order valence-corrected chi connectivity index (χ3v) is 7.01. The number of benzene rings is 2. The molecule has 8 nitrogen and oxygen atoms in total. The SMILES string of the molecule is NC(=O)N1CCc2c1ccc1[nH]c(C(=O)N3C[C@@H](CCl)c4c3cc(O)c3[nH]ccc43)cc21. The van der Waals surface area contributed by atoms with Crippen molar-refractivity contribution in [3.63, 3.8) is 0 Å². The first-order valence-corrected chi connectivity index (χ1v) is 10.9. The molecule has 4 aromatic rings. The van der Waals surface area contributed by atoms with E-state index in [-0.39, 0.29) is 17.6 Å². The van der Waals surface area contributed by atoms with E-state index in [9.17, 15) is 14.7 Å². The van der Waals surface area contributed by atoms with Crippen LogP contribution in [0.4, 0.5) is 16.2 Å². The third-order valence-electron chi connectivity index (χ3n) is 6.64. The first-order valence-electron chi connectivity index (χ1n) is 10.4. The van der Waals surface area contributed by atoms with Gasteiger partial charge in [-0.15, -0.1) is 11.6 Å².